The van der Waals surface area contributed by atoms with Gasteiger partial charge in [0, 0.05) is 21.4 Å². The van der Waals surface area contributed by atoms with Crippen molar-refractivity contribution in [1.82, 2.24) is 4.90 Å². The standard InChI is InChI=1S/C19H20ClNOS/c1-21(2)10-4-5-15-16-11-13(20)6-8-18(16)23-19-9-7-14(22-3)12-17(15)19/h5-9,11-12H,4,10H2,1-3H3/b15-5+. The van der Waals surface area contributed by atoms with Crippen molar-refractivity contribution in [3.8, 4) is 5.75 Å². The molecule has 23 heavy (non-hydrogen) atoms. The first-order valence-electron chi connectivity index (χ1n) is 7.59. The normalized spacial score (nSPS) is 14.7. The predicted octanol–water partition coefficient (Wildman–Crippen LogP) is 5.20. The van der Waals surface area contributed by atoms with E-state index in [0.717, 1.165) is 23.7 Å². The first kappa shape index (κ1) is 16.4. The summed E-state index contributed by atoms with van der Waals surface area (Å²) in [6, 6.07) is 12.4. The number of methoxy groups -OCH3 is 1. The molecule has 2 nitrogen and oxygen atoms in total. The van der Waals surface area contributed by atoms with Gasteiger partial charge in [0.05, 0.1) is 7.11 Å². The van der Waals surface area contributed by atoms with Gasteiger partial charge in [0.25, 0.3) is 0 Å². The smallest absolute Gasteiger partial charge is 0.119 e. The van der Waals surface area contributed by atoms with Gasteiger partial charge in [-0.1, -0.05) is 29.4 Å². The van der Waals surface area contributed by atoms with Gasteiger partial charge in [-0.25, -0.2) is 0 Å². The molecule has 4 heteroatoms. The van der Waals surface area contributed by atoms with Gasteiger partial charge < -0.3 is 9.64 Å². The quantitative estimate of drug-likeness (QED) is 0.645. The molecule has 0 atom stereocenters. The summed E-state index contributed by atoms with van der Waals surface area (Å²) in [4.78, 5) is 4.71. The highest BCUT2D eigenvalue weighted by atomic mass is 35.5. The molecule has 0 aliphatic carbocycles. The Bertz CT molecular complexity index is 755. The van der Waals surface area contributed by atoms with Crippen LogP contribution in [0.2, 0.25) is 5.02 Å². The van der Waals surface area contributed by atoms with Gasteiger partial charge in [-0.2, -0.15) is 0 Å². The predicted molar refractivity (Wildman–Crippen MR) is 98.8 cm³/mol. The van der Waals surface area contributed by atoms with E-state index in [0.29, 0.717) is 0 Å². The van der Waals surface area contributed by atoms with Crippen LogP contribution in [0.25, 0.3) is 5.57 Å². The third-order valence-electron chi connectivity index (χ3n) is 3.85. The summed E-state index contributed by atoms with van der Waals surface area (Å²) in [5.41, 5.74) is 3.68. The summed E-state index contributed by atoms with van der Waals surface area (Å²) in [6.07, 6.45) is 3.31. The number of ether oxygens (including phenoxy) is 1. The van der Waals surface area contributed by atoms with E-state index in [2.05, 4.69) is 49.3 Å². The van der Waals surface area contributed by atoms with Crippen molar-refractivity contribution < 1.29 is 4.74 Å². The van der Waals surface area contributed by atoms with E-state index < -0.39 is 0 Å². The second-order valence-corrected chi connectivity index (χ2v) is 7.33. The zero-order valence-electron chi connectivity index (χ0n) is 13.6. The molecule has 0 fully saturated rings. The Morgan fingerprint density at radius 1 is 1.09 bits per heavy atom. The van der Waals surface area contributed by atoms with Crippen molar-refractivity contribution >= 4 is 28.9 Å². The Kier molecular flexibility index (Phi) is 5.00. The van der Waals surface area contributed by atoms with Gasteiger partial charge in [0.2, 0.25) is 0 Å². The summed E-state index contributed by atoms with van der Waals surface area (Å²) < 4.78 is 5.41. The second kappa shape index (κ2) is 7.00. The molecule has 0 amide bonds. The number of fused-ring (bicyclic) bond motifs is 2. The maximum atomic E-state index is 6.24. The third-order valence-corrected chi connectivity index (χ3v) is 5.24. The summed E-state index contributed by atoms with van der Waals surface area (Å²) in [5.74, 6) is 0.883. The van der Waals surface area contributed by atoms with E-state index in [1.165, 1.54) is 26.5 Å². The summed E-state index contributed by atoms with van der Waals surface area (Å²) in [5, 5.41) is 0.772. The molecule has 0 radical (unpaired) electrons. The third kappa shape index (κ3) is 3.57. The molecular formula is C19H20ClNOS. The van der Waals surface area contributed by atoms with Crippen LogP contribution in [0, 0.1) is 0 Å². The maximum absolute atomic E-state index is 6.24. The Balaban J connectivity index is 2.09. The summed E-state index contributed by atoms with van der Waals surface area (Å²) in [6.45, 7) is 1.02. The van der Waals surface area contributed by atoms with Gasteiger partial charge >= 0.3 is 0 Å². The zero-order chi connectivity index (χ0) is 16.4. The van der Waals surface area contributed by atoms with Crippen molar-refractivity contribution in [2.24, 2.45) is 0 Å². The van der Waals surface area contributed by atoms with E-state index in [9.17, 15) is 0 Å². The maximum Gasteiger partial charge on any atom is 0.119 e. The van der Waals surface area contributed by atoms with Crippen LogP contribution in [0.15, 0.2) is 52.3 Å². The van der Waals surface area contributed by atoms with Crippen LogP contribution in [0.5, 0.6) is 5.75 Å². The lowest BCUT2D eigenvalue weighted by Gasteiger charge is -2.23. The number of nitrogens with zero attached hydrogens (tertiary/aromatic N) is 1. The van der Waals surface area contributed by atoms with Gasteiger partial charge in [-0.05, 0) is 73.6 Å². The molecule has 1 heterocycles. The SMILES string of the molecule is COc1ccc2c(c1)/C(=C/CCN(C)C)c1cc(Cl)ccc1S2. The van der Waals surface area contributed by atoms with Crippen molar-refractivity contribution in [3.05, 3.63) is 58.6 Å². The molecule has 0 N–H and O–H groups in total. The highest BCUT2D eigenvalue weighted by Gasteiger charge is 2.21. The van der Waals surface area contributed by atoms with Crippen molar-refractivity contribution in [2.45, 2.75) is 16.2 Å². The molecule has 2 aromatic carbocycles. The lowest BCUT2D eigenvalue weighted by atomic mass is 9.95. The van der Waals surface area contributed by atoms with E-state index in [1.54, 1.807) is 18.9 Å². The lowest BCUT2D eigenvalue weighted by molar-refractivity contribution is 0.414. The number of hydrogen-bond acceptors (Lipinski definition) is 3. The molecule has 1 aliphatic rings. The fourth-order valence-corrected chi connectivity index (χ4v) is 3.93. The van der Waals surface area contributed by atoms with E-state index >= 15 is 0 Å². The number of rotatable bonds is 4. The number of hydrogen-bond donors (Lipinski definition) is 0. The molecule has 1 aliphatic heterocycles. The Morgan fingerprint density at radius 3 is 2.48 bits per heavy atom. The number of halogens is 1. The van der Waals surface area contributed by atoms with Crippen LogP contribution in [0.1, 0.15) is 17.5 Å². The Labute approximate surface area is 147 Å². The van der Waals surface area contributed by atoms with Crippen LogP contribution in [0.3, 0.4) is 0 Å². The monoisotopic (exact) mass is 345 g/mol. The summed E-state index contributed by atoms with van der Waals surface area (Å²) >= 11 is 8.03. The minimum atomic E-state index is 0.772. The lowest BCUT2D eigenvalue weighted by Crippen LogP contribution is -2.12. The average molecular weight is 346 g/mol. The molecule has 120 valence electrons. The van der Waals surface area contributed by atoms with Crippen LogP contribution in [0.4, 0.5) is 0 Å². The molecule has 2 aromatic rings. The van der Waals surface area contributed by atoms with Crippen LogP contribution < -0.4 is 4.74 Å². The average Bonchev–Trinajstić information content (AvgIpc) is 2.54. The number of benzene rings is 2. The van der Waals surface area contributed by atoms with Gasteiger partial charge in [-0.3, -0.25) is 0 Å². The van der Waals surface area contributed by atoms with Gasteiger partial charge in [0.1, 0.15) is 5.75 Å². The van der Waals surface area contributed by atoms with Crippen LogP contribution in [-0.2, 0) is 0 Å². The van der Waals surface area contributed by atoms with E-state index in [1.807, 2.05) is 12.1 Å². The zero-order valence-corrected chi connectivity index (χ0v) is 15.2. The van der Waals surface area contributed by atoms with Crippen molar-refractivity contribution in [1.29, 1.82) is 0 Å². The molecule has 0 saturated carbocycles. The molecular weight excluding hydrogens is 326 g/mol. The molecule has 0 spiro atoms. The van der Waals surface area contributed by atoms with Crippen molar-refractivity contribution in [3.63, 3.8) is 0 Å². The summed E-state index contributed by atoms with van der Waals surface area (Å²) in [7, 11) is 5.89. The highest BCUT2D eigenvalue weighted by Crippen LogP contribution is 2.47. The molecule has 0 saturated heterocycles. The Morgan fingerprint density at radius 2 is 1.78 bits per heavy atom. The minimum Gasteiger partial charge on any atom is -0.497 e. The topological polar surface area (TPSA) is 12.5 Å². The fraction of sp³-hybridized carbons (Fsp3) is 0.263. The largest absolute Gasteiger partial charge is 0.497 e. The van der Waals surface area contributed by atoms with E-state index in [4.69, 9.17) is 16.3 Å². The molecule has 0 aromatic heterocycles. The van der Waals surface area contributed by atoms with Crippen LogP contribution in [-0.4, -0.2) is 32.6 Å². The molecule has 0 bridgehead atoms. The fourth-order valence-electron chi connectivity index (χ4n) is 2.69. The minimum absolute atomic E-state index is 0.772. The molecule has 3 rings (SSSR count). The first-order valence-corrected chi connectivity index (χ1v) is 8.79. The van der Waals surface area contributed by atoms with Crippen LogP contribution >= 0.6 is 23.4 Å². The van der Waals surface area contributed by atoms with Gasteiger partial charge in [0.15, 0.2) is 0 Å². The Hall–Kier alpha value is -1.42. The second-order valence-electron chi connectivity index (χ2n) is 5.81. The first-order chi connectivity index (χ1) is 11.1. The highest BCUT2D eigenvalue weighted by molar-refractivity contribution is 7.99. The van der Waals surface area contributed by atoms with E-state index in [-0.39, 0.29) is 0 Å². The molecule has 0 unspecified atom stereocenters. The van der Waals surface area contributed by atoms with Gasteiger partial charge in [-0.15, -0.1) is 0 Å². The van der Waals surface area contributed by atoms with Crippen molar-refractivity contribution in [2.75, 3.05) is 27.7 Å².